The summed E-state index contributed by atoms with van der Waals surface area (Å²) >= 11 is 0. The van der Waals surface area contributed by atoms with Gasteiger partial charge in [0.1, 0.15) is 6.10 Å². The lowest BCUT2D eigenvalue weighted by Gasteiger charge is -1.96. The molecule has 1 aromatic heterocycles. The molecule has 1 unspecified atom stereocenters. The van der Waals surface area contributed by atoms with Crippen molar-refractivity contribution in [3.63, 3.8) is 0 Å². The van der Waals surface area contributed by atoms with Crippen LogP contribution < -0.4 is 0 Å². The van der Waals surface area contributed by atoms with Crippen LogP contribution >= 0.6 is 0 Å². The number of nitrogens with zero attached hydrogens (tertiary/aromatic N) is 2. The third-order valence-corrected chi connectivity index (χ3v) is 1.82. The number of hydrogen-bond donors (Lipinski definition) is 0. The standard InChI is InChI=1S/C9H10N2O.C2H6/c1-7-5-9(11-12-7)8-3-2-4-10-6-8;1-2/h2-4,6-7H,5H2,1H3;1-2H3. The van der Waals surface area contributed by atoms with Gasteiger partial charge in [0.25, 0.3) is 0 Å². The zero-order valence-electron chi connectivity index (χ0n) is 8.90. The van der Waals surface area contributed by atoms with Gasteiger partial charge in [0.05, 0.1) is 5.71 Å². The van der Waals surface area contributed by atoms with E-state index in [4.69, 9.17) is 4.84 Å². The second-order valence-electron chi connectivity index (χ2n) is 2.90. The van der Waals surface area contributed by atoms with Crippen molar-refractivity contribution in [2.24, 2.45) is 5.16 Å². The molecule has 0 N–H and O–H groups in total. The van der Waals surface area contributed by atoms with Crippen molar-refractivity contribution in [2.75, 3.05) is 0 Å². The molecule has 0 radical (unpaired) electrons. The number of oxime groups is 1. The molecule has 0 saturated carbocycles. The molecule has 1 atom stereocenters. The maximum Gasteiger partial charge on any atom is 0.130 e. The van der Waals surface area contributed by atoms with Gasteiger partial charge in [-0.3, -0.25) is 4.98 Å². The van der Waals surface area contributed by atoms with E-state index in [1.807, 2.05) is 32.9 Å². The largest absolute Gasteiger partial charge is 0.392 e. The zero-order valence-corrected chi connectivity index (χ0v) is 8.90. The Labute approximate surface area is 84.8 Å². The highest BCUT2D eigenvalue weighted by molar-refractivity contribution is 6.00. The molecule has 3 nitrogen and oxygen atoms in total. The SMILES string of the molecule is CC.CC1CC(c2cccnc2)=NO1. The van der Waals surface area contributed by atoms with Crippen LogP contribution in [0.25, 0.3) is 0 Å². The van der Waals surface area contributed by atoms with Crippen molar-refractivity contribution in [1.29, 1.82) is 0 Å². The number of rotatable bonds is 1. The third-order valence-electron chi connectivity index (χ3n) is 1.82. The fourth-order valence-electron chi connectivity index (χ4n) is 1.20. The van der Waals surface area contributed by atoms with Gasteiger partial charge in [-0.1, -0.05) is 19.0 Å². The highest BCUT2D eigenvalue weighted by atomic mass is 16.6. The van der Waals surface area contributed by atoms with Gasteiger partial charge in [0.2, 0.25) is 0 Å². The van der Waals surface area contributed by atoms with E-state index in [1.165, 1.54) is 0 Å². The van der Waals surface area contributed by atoms with Gasteiger partial charge in [0, 0.05) is 24.4 Å². The Morgan fingerprint density at radius 2 is 2.21 bits per heavy atom. The average molecular weight is 192 g/mol. The molecule has 0 amide bonds. The topological polar surface area (TPSA) is 34.5 Å². The molecule has 3 heteroatoms. The first-order valence-electron chi connectivity index (χ1n) is 4.99. The highest BCUT2D eigenvalue weighted by Gasteiger charge is 2.17. The second-order valence-corrected chi connectivity index (χ2v) is 2.90. The zero-order chi connectivity index (χ0) is 10.4. The molecule has 1 aromatic rings. The van der Waals surface area contributed by atoms with Gasteiger partial charge in [-0.05, 0) is 19.1 Å². The third kappa shape index (κ3) is 2.55. The molecule has 0 spiro atoms. The van der Waals surface area contributed by atoms with Crippen LogP contribution in [0.3, 0.4) is 0 Å². The van der Waals surface area contributed by atoms with Gasteiger partial charge < -0.3 is 4.84 Å². The predicted octanol–water partition coefficient (Wildman–Crippen LogP) is 2.62. The van der Waals surface area contributed by atoms with E-state index >= 15 is 0 Å². The molecule has 0 fully saturated rings. The minimum Gasteiger partial charge on any atom is -0.392 e. The summed E-state index contributed by atoms with van der Waals surface area (Å²) in [7, 11) is 0. The van der Waals surface area contributed by atoms with Crippen LogP contribution in [-0.2, 0) is 4.84 Å². The van der Waals surface area contributed by atoms with Crippen molar-refractivity contribution in [3.05, 3.63) is 30.1 Å². The van der Waals surface area contributed by atoms with Crippen LogP contribution in [0, 0.1) is 0 Å². The first kappa shape index (κ1) is 10.7. The van der Waals surface area contributed by atoms with E-state index < -0.39 is 0 Å². The average Bonchev–Trinajstić information content (AvgIpc) is 2.69. The summed E-state index contributed by atoms with van der Waals surface area (Å²) in [5.74, 6) is 0. The van der Waals surface area contributed by atoms with E-state index in [0.717, 1.165) is 17.7 Å². The smallest absolute Gasteiger partial charge is 0.130 e. The normalized spacial score (nSPS) is 19.1. The Balaban J connectivity index is 0.000000461. The number of aromatic nitrogens is 1. The Morgan fingerprint density at radius 3 is 2.71 bits per heavy atom. The van der Waals surface area contributed by atoms with Crippen molar-refractivity contribution in [1.82, 2.24) is 4.98 Å². The molecule has 76 valence electrons. The van der Waals surface area contributed by atoms with Crippen LogP contribution in [0.15, 0.2) is 29.7 Å². The van der Waals surface area contributed by atoms with Crippen molar-refractivity contribution >= 4 is 5.71 Å². The lowest BCUT2D eigenvalue weighted by atomic mass is 10.1. The second kappa shape index (κ2) is 5.37. The summed E-state index contributed by atoms with van der Waals surface area (Å²) in [6, 6.07) is 3.90. The van der Waals surface area contributed by atoms with E-state index in [0.29, 0.717) is 0 Å². The van der Waals surface area contributed by atoms with Gasteiger partial charge in [-0.25, -0.2) is 0 Å². The first-order valence-corrected chi connectivity index (χ1v) is 4.99. The van der Waals surface area contributed by atoms with Crippen molar-refractivity contribution in [3.8, 4) is 0 Å². The highest BCUT2D eigenvalue weighted by Crippen LogP contribution is 2.14. The summed E-state index contributed by atoms with van der Waals surface area (Å²) < 4.78 is 0. The van der Waals surface area contributed by atoms with Gasteiger partial charge in [0.15, 0.2) is 0 Å². The monoisotopic (exact) mass is 192 g/mol. The summed E-state index contributed by atoms with van der Waals surface area (Å²) in [5.41, 5.74) is 2.05. The Morgan fingerprint density at radius 1 is 1.43 bits per heavy atom. The van der Waals surface area contributed by atoms with Gasteiger partial charge in [-0.15, -0.1) is 0 Å². The molecule has 2 rings (SSSR count). The van der Waals surface area contributed by atoms with Crippen molar-refractivity contribution < 1.29 is 4.84 Å². The quantitative estimate of drug-likeness (QED) is 0.685. The molecule has 0 saturated heterocycles. The van der Waals surface area contributed by atoms with Crippen LogP contribution in [0.4, 0.5) is 0 Å². The summed E-state index contributed by atoms with van der Waals surface area (Å²) in [6.07, 6.45) is 4.65. The Bertz CT molecular complexity index is 295. The molecular weight excluding hydrogens is 176 g/mol. The molecule has 1 aliphatic rings. The lowest BCUT2D eigenvalue weighted by molar-refractivity contribution is 0.0995. The molecule has 2 heterocycles. The summed E-state index contributed by atoms with van der Waals surface area (Å²) in [4.78, 5) is 9.10. The maximum atomic E-state index is 5.08. The van der Waals surface area contributed by atoms with Crippen LogP contribution in [0.2, 0.25) is 0 Å². The minimum absolute atomic E-state index is 0.209. The van der Waals surface area contributed by atoms with Crippen molar-refractivity contribution in [2.45, 2.75) is 33.3 Å². The molecule has 1 aliphatic heterocycles. The number of pyridine rings is 1. The van der Waals surface area contributed by atoms with Crippen LogP contribution in [-0.4, -0.2) is 16.8 Å². The molecule has 14 heavy (non-hydrogen) atoms. The van der Waals surface area contributed by atoms with E-state index in [9.17, 15) is 0 Å². The first-order chi connectivity index (χ1) is 6.86. The molecule has 0 aliphatic carbocycles. The molecule has 0 bridgehead atoms. The maximum absolute atomic E-state index is 5.08. The van der Waals surface area contributed by atoms with Gasteiger partial charge in [-0.2, -0.15) is 0 Å². The minimum atomic E-state index is 0.209. The Hall–Kier alpha value is -1.38. The fourth-order valence-corrected chi connectivity index (χ4v) is 1.20. The molecular formula is C11H16N2O. The van der Waals surface area contributed by atoms with E-state index in [2.05, 4.69) is 10.1 Å². The lowest BCUT2D eigenvalue weighted by Crippen LogP contribution is -2.03. The van der Waals surface area contributed by atoms with Gasteiger partial charge >= 0.3 is 0 Å². The van der Waals surface area contributed by atoms with Crippen LogP contribution in [0.5, 0.6) is 0 Å². The number of hydrogen-bond acceptors (Lipinski definition) is 3. The van der Waals surface area contributed by atoms with E-state index in [-0.39, 0.29) is 6.10 Å². The predicted molar refractivity (Wildman–Crippen MR) is 57.3 cm³/mol. The fraction of sp³-hybridized carbons (Fsp3) is 0.455. The summed E-state index contributed by atoms with van der Waals surface area (Å²) in [6.45, 7) is 6.01. The van der Waals surface area contributed by atoms with Crippen LogP contribution in [0.1, 0.15) is 32.8 Å². The van der Waals surface area contributed by atoms with E-state index in [1.54, 1.807) is 12.4 Å². The Kier molecular flexibility index (Phi) is 4.11. The summed E-state index contributed by atoms with van der Waals surface area (Å²) in [5, 5.41) is 3.96. The molecule has 0 aromatic carbocycles.